The zero-order valence-electron chi connectivity index (χ0n) is 14.0. The van der Waals surface area contributed by atoms with Crippen molar-refractivity contribution in [3.63, 3.8) is 0 Å². The van der Waals surface area contributed by atoms with Gasteiger partial charge in [0.1, 0.15) is 4.90 Å². The Morgan fingerprint density at radius 1 is 1.23 bits per heavy atom. The summed E-state index contributed by atoms with van der Waals surface area (Å²) in [5.74, 6) is -1.73. The third-order valence-corrected chi connectivity index (χ3v) is 6.04. The van der Waals surface area contributed by atoms with E-state index in [1.165, 1.54) is 23.5 Å². The molecule has 0 aliphatic carbocycles. The van der Waals surface area contributed by atoms with Crippen LogP contribution >= 0.6 is 11.6 Å². The average Bonchev–Trinajstić information content (AvgIpc) is 3.15. The fourth-order valence-corrected chi connectivity index (χ4v) is 4.35. The fraction of sp³-hybridized carbons (Fsp3) is 0.400. The second-order valence-corrected chi connectivity index (χ2v) is 7.77. The lowest BCUT2D eigenvalue weighted by Gasteiger charge is -2.17. The number of hydrogen-bond donors (Lipinski definition) is 2. The molecule has 2 N–H and O–H groups in total. The summed E-state index contributed by atoms with van der Waals surface area (Å²) in [5, 5.41) is 4.09. The minimum Gasteiger partial charge on any atom is -0.452 e. The van der Waals surface area contributed by atoms with Gasteiger partial charge in [0.2, 0.25) is 10.0 Å². The third kappa shape index (κ3) is 4.71. The highest BCUT2D eigenvalue weighted by Crippen LogP contribution is 2.28. The number of hydrogen-bond acceptors (Lipinski definition) is 6. The van der Waals surface area contributed by atoms with Crippen LogP contribution in [0.15, 0.2) is 23.1 Å². The maximum Gasteiger partial charge on any atom is 0.338 e. The molecule has 1 aliphatic heterocycles. The molecule has 1 aromatic carbocycles. The number of urea groups is 1. The number of esters is 1. The molecule has 1 aromatic rings. The molecule has 0 bridgehead atoms. The summed E-state index contributed by atoms with van der Waals surface area (Å²) in [7, 11) is -2.49. The summed E-state index contributed by atoms with van der Waals surface area (Å²) in [6.45, 7) is 0.100. The molecule has 0 saturated carbocycles. The topological polar surface area (TPSA) is 122 Å². The number of ether oxygens (including phenoxy) is 1. The van der Waals surface area contributed by atoms with E-state index in [2.05, 4.69) is 5.32 Å². The molecule has 0 spiro atoms. The van der Waals surface area contributed by atoms with Crippen LogP contribution < -0.4 is 10.6 Å². The molecule has 9 nitrogen and oxygen atoms in total. The number of nitrogens with one attached hydrogen (secondary N) is 2. The Bertz CT molecular complexity index is 821. The fourth-order valence-electron chi connectivity index (χ4n) is 2.34. The predicted molar refractivity (Wildman–Crippen MR) is 92.3 cm³/mol. The van der Waals surface area contributed by atoms with Gasteiger partial charge >= 0.3 is 12.0 Å². The average molecular weight is 404 g/mol. The maximum atomic E-state index is 12.6. The van der Waals surface area contributed by atoms with Crippen LogP contribution in [0.5, 0.6) is 0 Å². The van der Waals surface area contributed by atoms with Crippen LogP contribution in [0, 0.1) is 0 Å². The largest absolute Gasteiger partial charge is 0.452 e. The predicted octanol–water partition coefficient (Wildman–Crippen LogP) is 0.737. The quantitative estimate of drug-likeness (QED) is 0.699. The van der Waals surface area contributed by atoms with Gasteiger partial charge in [-0.25, -0.2) is 18.0 Å². The summed E-state index contributed by atoms with van der Waals surface area (Å²) in [6.07, 6.45) is 1.53. The van der Waals surface area contributed by atoms with Crippen molar-refractivity contribution in [3.05, 3.63) is 28.8 Å². The molecule has 1 fully saturated rings. The first-order chi connectivity index (χ1) is 12.3. The number of halogens is 1. The van der Waals surface area contributed by atoms with Crippen LogP contribution in [0.1, 0.15) is 23.2 Å². The molecule has 1 aliphatic rings. The number of imide groups is 1. The van der Waals surface area contributed by atoms with Gasteiger partial charge in [-0.1, -0.05) is 11.6 Å². The van der Waals surface area contributed by atoms with Crippen molar-refractivity contribution in [2.75, 3.05) is 26.7 Å². The smallest absolute Gasteiger partial charge is 0.338 e. The number of carbonyl (C=O) groups excluding carboxylic acids is 3. The normalized spacial score (nSPS) is 14.7. The second-order valence-electron chi connectivity index (χ2n) is 5.46. The van der Waals surface area contributed by atoms with Gasteiger partial charge < -0.3 is 10.1 Å². The monoisotopic (exact) mass is 403 g/mol. The molecule has 142 valence electrons. The summed E-state index contributed by atoms with van der Waals surface area (Å²) in [4.78, 5) is 34.3. The molecule has 0 aromatic heterocycles. The molecule has 0 unspecified atom stereocenters. The Kier molecular flexibility index (Phi) is 6.57. The van der Waals surface area contributed by atoms with Crippen molar-refractivity contribution < 1.29 is 27.5 Å². The van der Waals surface area contributed by atoms with Crippen LogP contribution in [-0.2, 0) is 19.6 Å². The van der Waals surface area contributed by atoms with Gasteiger partial charge in [0.05, 0.1) is 10.6 Å². The van der Waals surface area contributed by atoms with Crippen molar-refractivity contribution in [2.24, 2.45) is 0 Å². The lowest BCUT2D eigenvalue weighted by molar-refractivity contribution is -0.123. The summed E-state index contributed by atoms with van der Waals surface area (Å²) < 4.78 is 31.4. The first-order valence-corrected chi connectivity index (χ1v) is 9.56. The van der Waals surface area contributed by atoms with Gasteiger partial charge in [0.15, 0.2) is 6.61 Å². The first-order valence-electron chi connectivity index (χ1n) is 7.74. The molecule has 0 atom stereocenters. The number of amides is 3. The highest BCUT2D eigenvalue weighted by molar-refractivity contribution is 7.89. The van der Waals surface area contributed by atoms with E-state index in [4.69, 9.17) is 16.3 Å². The van der Waals surface area contributed by atoms with E-state index < -0.39 is 34.5 Å². The van der Waals surface area contributed by atoms with E-state index in [0.29, 0.717) is 13.1 Å². The Hall–Kier alpha value is -2.17. The van der Waals surface area contributed by atoms with E-state index in [1.807, 2.05) is 5.32 Å². The number of rotatable bonds is 5. The Balaban J connectivity index is 2.12. The molecule has 1 saturated heterocycles. The van der Waals surface area contributed by atoms with Crippen molar-refractivity contribution in [2.45, 2.75) is 17.7 Å². The highest BCUT2D eigenvalue weighted by Gasteiger charge is 2.30. The lowest BCUT2D eigenvalue weighted by Crippen LogP contribution is -2.39. The van der Waals surface area contributed by atoms with Gasteiger partial charge in [0, 0.05) is 20.1 Å². The first kappa shape index (κ1) is 20.1. The Morgan fingerprint density at radius 2 is 1.88 bits per heavy atom. The van der Waals surface area contributed by atoms with E-state index in [0.717, 1.165) is 18.9 Å². The number of benzene rings is 1. The summed E-state index contributed by atoms with van der Waals surface area (Å²) in [5.41, 5.74) is -0.0695. The Morgan fingerprint density at radius 3 is 2.50 bits per heavy atom. The van der Waals surface area contributed by atoms with Crippen molar-refractivity contribution in [1.29, 1.82) is 0 Å². The van der Waals surface area contributed by atoms with Crippen LogP contribution in [0.2, 0.25) is 5.02 Å². The maximum absolute atomic E-state index is 12.6. The van der Waals surface area contributed by atoms with Crippen LogP contribution in [-0.4, -0.2) is 57.4 Å². The molecular formula is C15H18ClN3O6S. The molecule has 26 heavy (non-hydrogen) atoms. The van der Waals surface area contributed by atoms with Crippen molar-refractivity contribution in [3.8, 4) is 0 Å². The number of sulfonamides is 1. The number of nitrogens with zero attached hydrogens (tertiary/aromatic N) is 1. The lowest BCUT2D eigenvalue weighted by atomic mass is 10.2. The third-order valence-electron chi connectivity index (χ3n) is 3.66. The zero-order valence-corrected chi connectivity index (χ0v) is 15.5. The SMILES string of the molecule is CNC(=O)NC(=O)COC(=O)c1ccc(Cl)c(S(=O)(=O)N2CCCC2)c1. The minimum atomic E-state index is -3.81. The van der Waals surface area contributed by atoms with E-state index in [1.54, 1.807) is 0 Å². The van der Waals surface area contributed by atoms with Crippen LogP contribution in [0.4, 0.5) is 4.79 Å². The van der Waals surface area contributed by atoms with Gasteiger partial charge in [0.25, 0.3) is 5.91 Å². The molecule has 0 radical (unpaired) electrons. The molecule has 3 amide bonds. The molecule has 11 heteroatoms. The van der Waals surface area contributed by atoms with E-state index in [-0.39, 0.29) is 15.5 Å². The van der Waals surface area contributed by atoms with E-state index >= 15 is 0 Å². The van der Waals surface area contributed by atoms with Gasteiger partial charge in [-0.05, 0) is 31.0 Å². The van der Waals surface area contributed by atoms with Crippen molar-refractivity contribution >= 4 is 39.5 Å². The number of carbonyl (C=O) groups is 3. The molecular weight excluding hydrogens is 386 g/mol. The van der Waals surface area contributed by atoms with Gasteiger partial charge in [-0.2, -0.15) is 4.31 Å². The van der Waals surface area contributed by atoms with Gasteiger partial charge in [-0.15, -0.1) is 0 Å². The van der Waals surface area contributed by atoms with E-state index in [9.17, 15) is 22.8 Å². The Labute approximate surface area is 155 Å². The molecule has 1 heterocycles. The second kappa shape index (κ2) is 8.47. The highest BCUT2D eigenvalue weighted by atomic mass is 35.5. The minimum absolute atomic E-state index is 0.00851. The summed E-state index contributed by atoms with van der Waals surface area (Å²) >= 11 is 6.00. The van der Waals surface area contributed by atoms with Gasteiger partial charge in [-0.3, -0.25) is 10.1 Å². The standard InChI is InChI=1S/C15H18ClN3O6S/c1-17-15(22)18-13(20)9-25-14(21)10-4-5-11(16)12(8-10)26(23,24)19-6-2-3-7-19/h4-5,8H,2-3,6-7,9H2,1H3,(H2,17,18,20,22). The van der Waals surface area contributed by atoms with Crippen LogP contribution in [0.25, 0.3) is 0 Å². The van der Waals surface area contributed by atoms with Crippen LogP contribution in [0.3, 0.4) is 0 Å². The van der Waals surface area contributed by atoms with Crippen molar-refractivity contribution in [1.82, 2.24) is 14.9 Å². The molecule has 2 rings (SSSR count). The summed E-state index contributed by atoms with van der Waals surface area (Å²) in [6, 6.07) is 2.96. The zero-order chi connectivity index (χ0) is 19.3.